The van der Waals surface area contributed by atoms with Crippen molar-refractivity contribution in [3.63, 3.8) is 0 Å². The Hall–Kier alpha value is -3.05. The summed E-state index contributed by atoms with van der Waals surface area (Å²) in [7, 11) is 0. The molecule has 0 unspecified atom stereocenters. The van der Waals surface area contributed by atoms with Gasteiger partial charge in [0.25, 0.3) is 0 Å². The predicted molar refractivity (Wildman–Crippen MR) is 117 cm³/mol. The van der Waals surface area contributed by atoms with Crippen LogP contribution in [0.5, 0.6) is 5.75 Å². The number of rotatable bonds is 5. The van der Waals surface area contributed by atoms with Crippen molar-refractivity contribution in [2.45, 2.75) is 18.4 Å². The normalized spacial score (nSPS) is 10.9. The molecule has 0 saturated carbocycles. The molecule has 1 heterocycles. The fraction of sp³-hybridized carbons (Fsp3) is 0.130. The smallest absolute Gasteiger partial charge is 0.154 e. The highest BCUT2D eigenvalue weighted by Gasteiger charge is 2.15. The first kappa shape index (κ1) is 18.3. The Morgan fingerprint density at radius 3 is 2.54 bits per heavy atom. The van der Waals surface area contributed by atoms with Crippen LogP contribution >= 0.6 is 11.8 Å². The zero-order valence-corrected chi connectivity index (χ0v) is 16.7. The van der Waals surface area contributed by atoms with Gasteiger partial charge < -0.3 is 10.5 Å². The molecule has 0 saturated heterocycles. The van der Waals surface area contributed by atoms with Crippen molar-refractivity contribution >= 4 is 28.4 Å². The molecule has 0 atom stereocenters. The molecule has 4 rings (SSSR count). The van der Waals surface area contributed by atoms with E-state index in [0.29, 0.717) is 12.4 Å². The molecule has 0 aliphatic rings. The van der Waals surface area contributed by atoms with E-state index in [1.165, 1.54) is 0 Å². The second-order valence-corrected chi connectivity index (χ2v) is 7.50. The van der Waals surface area contributed by atoms with Gasteiger partial charge in [-0.2, -0.15) is 0 Å². The quantitative estimate of drug-likeness (QED) is 0.459. The van der Waals surface area contributed by atoms with Gasteiger partial charge in [0.05, 0.1) is 0 Å². The zero-order chi connectivity index (χ0) is 19.5. The highest BCUT2D eigenvalue weighted by atomic mass is 32.2. The summed E-state index contributed by atoms with van der Waals surface area (Å²) in [6, 6.07) is 22.5. The lowest BCUT2D eigenvalue weighted by Gasteiger charge is -2.14. The van der Waals surface area contributed by atoms with Crippen molar-refractivity contribution in [1.82, 2.24) is 10.2 Å². The number of nitrogen functional groups attached to an aromatic ring is 1. The molecule has 0 aliphatic heterocycles. The van der Waals surface area contributed by atoms with E-state index >= 15 is 0 Å². The van der Waals surface area contributed by atoms with Gasteiger partial charge in [-0.15, -0.1) is 22.0 Å². The number of nitrogens with zero attached hydrogens (tertiary/aromatic N) is 2. The van der Waals surface area contributed by atoms with Gasteiger partial charge in [0.15, 0.2) is 5.82 Å². The molecule has 4 nitrogen and oxygen atoms in total. The predicted octanol–water partition coefficient (Wildman–Crippen LogP) is 5.49. The summed E-state index contributed by atoms with van der Waals surface area (Å²) in [6.07, 6.45) is 2.05. The van der Waals surface area contributed by atoms with Crippen molar-refractivity contribution in [3.8, 4) is 17.0 Å². The van der Waals surface area contributed by atoms with Crippen molar-refractivity contribution in [1.29, 1.82) is 0 Å². The van der Waals surface area contributed by atoms with Gasteiger partial charge in [0.1, 0.15) is 18.1 Å². The van der Waals surface area contributed by atoms with Crippen LogP contribution in [0.25, 0.3) is 22.0 Å². The third kappa shape index (κ3) is 3.66. The van der Waals surface area contributed by atoms with Crippen LogP contribution in [-0.4, -0.2) is 16.5 Å². The SMILES string of the molecule is CSc1ccc(-c2nnc(N)c3cc(C)ccc23)c(OCc2ccccc2)c1. The van der Waals surface area contributed by atoms with E-state index in [-0.39, 0.29) is 0 Å². The lowest BCUT2D eigenvalue weighted by atomic mass is 10.0. The average molecular weight is 388 g/mol. The fourth-order valence-corrected chi connectivity index (χ4v) is 3.60. The molecular weight excluding hydrogens is 366 g/mol. The first-order valence-electron chi connectivity index (χ1n) is 9.03. The van der Waals surface area contributed by atoms with Gasteiger partial charge in [-0.1, -0.05) is 48.0 Å². The highest BCUT2D eigenvalue weighted by Crippen LogP contribution is 2.37. The minimum Gasteiger partial charge on any atom is -0.488 e. The zero-order valence-electron chi connectivity index (χ0n) is 15.8. The monoisotopic (exact) mass is 387 g/mol. The summed E-state index contributed by atoms with van der Waals surface area (Å²) < 4.78 is 6.21. The first-order chi connectivity index (χ1) is 13.7. The molecule has 0 radical (unpaired) electrons. The van der Waals surface area contributed by atoms with Crippen LogP contribution in [0.15, 0.2) is 71.6 Å². The second-order valence-electron chi connectivity index (χ2n) is 6.62. The van der Waals surface area contributed by atoms with Crippen LogP contribution < -0.4 is 10.5 Å². The molecule has 0 fully saturated rings. The lowest BCUT2D eigenvalue weighted by Crippen LogP contribution is -2.01. The van der Waals surface area contributed by atoms with Crippen molar-refractivity contribution in [2.75, 3.05) is 12.0 Å². The van der Waals surface area contributed by atoms with Gasteiger partial charge in [-0.3, -0.25) is 0 Å². The summed E-state index contributed by atoms with van der Waals surface area (Å²) in [5, 5.41) is 10.5. The van der Waals surface area contributed by atoms with Gasteiger partial charge in [0, 0.05) is 21.2 Å². The Bertz CT molecular complexity index is 1130. The maximum Gasteiger partial charge on any atom is 0.154 e. The molecule has 0 aliphatic carbocycles. The van der Waals surface area contributed by atoms with Crippen LogP contribution in [0.2, 0.25) is 0 Å². The summed E-state index contributed by atoms with van der Waals surface area (Å²) in [5.41, 5.74) is 10.0. The number of anilines is 1. The maximum absolute atomic E-state index is 6.21. The Balaban J connectivity index is 1.81. The van der Waals surface area contributed by atoms with E-state index in [1.807, 2.05) is 37.3 Å². The maximum atomic E-state index is 6.21. The molecule has 0 spiro atoms. The van der Waals surface area contributed by atoms with Gasteiger partial charge in [-0.05, 0) is 43.0 Å². The molecule has 4 aromatic rings. The topological polar surface area (TPSA) is 61.0 Å². The van der Waals surface area contributed by atoms with E-state index in [0.717, 1.165) is 43.8 Å². The Labute approximate surface area is 168 Å². The van der Waals surface area contributed by atoms with E-state index in [4.69, 9.17) is 10.5 Å². The van der Waals surface area contributed by atoms with Gasteiger partial charge in [0.2, 0.25) is 0 Å². The molecule has 28 heavy (non-hydrogen) atoms. The number of aromatic nitrogens is 2. The van der Waals surface area contributed by atoms with Crippen molar-refractivity contribution in [3.05, 3.63) is 77.9 Å². The van der Waals surface area contributed by atoms with E-state index in [9.17, 15) is 0 Å². The molecule has 3 aromatic carbocycles. The molecule has 5 heteroatoms. The van der Waals surface area contributed by atoms with Crippen molar-refractivity contribution in [2.24, 2.45) is 0 Å². The molecule has 0 bridgehead atoms. The van der Waals surface area contributed by atoms with Crippen molar-refractivity contribution < 1.29 is 4.74 Å². The average Bonchev–Trinajstić information content (AvgIpc) is 2.73. The standard InChI is InChI=1S/C23H21N3OS/c1-15-8-10-18-20(12-15)23(24)26-25-22(18)19-11-9-17(28-2)13-21(19)27-14-16-6-4-3-5-7-16/h3-13H,14H2,1-2H3,(H2,24,26). The van der Waals surface area contributed by atoms with Crippen LogP contribution in [0, 0.1) is 6.92 Å². The number of benzene rings is 3. The largest absolute Gasteiger partial charge is 0.488 e. The van der Waals surface area contributed by atoms with E-state index in [1.54, 1.807) is 11.8 Å². The Kier molecular flexibility index (Phi) is 5.17. The molecule has 140 valence electrons. The van der Waals surface area contributed by atoms with Crippen LogP contribution in [0.1, 0.15) is 11.1 Å². The van der Waals surface area contributed by atoms with Gasteiger partial charge >= 0.3 is 0 Å². The molecule has 0 amide bonds. The number of hydrogen-bond acceptors (Lipinski definition) is 5. The number of fused-ring (bicyclic) bond motifs is 1. The fourth-order valence-electron chi connectivity index (χ4n) is 3.17. The lowest BCUT2D eigenvalue weighted by molar-refractivity contribution is 0.307. The van der Waals surface area contributed by atoms with Gasteiger partial charge in [-0.25, -0.2) is 0 Å². The van der Waals surface area contributed by atoms with Crippen LogP contribution in [0.3, 0.4) is 0 Å². The second kappa shape index (κ2) is 7.90. The third-order valence-corrected chi connectivity index (χ3v) is 5.37. The van der Waals surface area contributed by atoms with E-state index < -0.39 is 0 Å². The number of hydrogen-bond donors (Lipinski definition) is 1. The summed E-state index contributed by atoms with van der Waals surface area (Å²) in [6.45, 7) is 2.53. The minimum absolute atomic E-state index is 0.440. The van der Waals surface area contributed by atoms with Crippen LogP contribution in [0.4, 0.5) is 5.82 Å². The molecule has 1 aromatic heterocycles. The Morgan fingerprint density at radius 2 is 1.75 bits per heavy atom. The third-order valence-electron chi connectivity index (χ3n) is 4.64. The summed E-state index contributed by atoms with van der Waals surface area (Å²) >= 11 is 1.68. The number of thioether (sulfide) groups is 1. The minimum atomic E-state index is 0.440. The highest BCUT2D eigenvalue weighted by molar-refractivity contribution is 7.98. The number of aryl methyl sites for hydroxylation is 1. The number of ether oxygens (including phenoxy) is 1. The number of nitrogens with two attached hydrogens (primary N) is 1. The first-order valence-corrected chi connectivity index (χ1v) is 10.3. The van der Waals surface area contributed by atoms with E-state index in [2.05, 4.69) is 52.9 Å². The molecule has 2 N–H and O–H groups in total. The van der Waals surface area contributed by atoms with Crippen LogP contribution in [-0.2, 0) is 6.61 Å². The summed E-state index contributed by atoms with van der Waals surface area (Å²) in [5.74, 6) is 1.23. The molecular formula is C23H21N3OS. The summed E-state index contributed by atoms with van der Waals surface area (Å²) in [4.78, 5) is 1.13. The Morgan fingerprint density at radius 1 is 0.929 bits per heavy atom.